The fourth-order valence-electron chi connectivity index (χ4n) is 3.30. The van der Waals surface area contributed by atoms with Gasteiger partial charge in [0, 0.05) is 13.1 Å². The quantitative estimate of drug-likeness (QED) is 0.386. The van der Waals surface area contributed by atoms with Crippen LogP contribution < -0.4 is 0 Å². The SMILES string of the molecule is CCCCCCCCCCCCCCC=CC1=NCCN1CCO. The van der Waals surface area contributed by atoms with Crippen LogP contribution >= 0.6 is 0 Å². The maximum atomic E-state index is 9.02. The lowest BCUT2D eigenvalue weighted by molar-refractivity contribution is 0.257. The van der Waals surface area contributed by atoms with Gasteiger partial charge in [0.1, 0.15) is 5.84 Å². The molecule has 1 aliphatic heterocycles. The molecule has 0 aliphatic carbocycles. The fraction of sp³-hybridized carbons (Fsp3) is 0.857. The van der Waals surface area contributed by atoms with Crippen molar-refractivity contribution in [3.63, 3.8) is 0 Å². The molecule has 0 aromatic carbocycles. The summed E-state index contributed by atoms with van der Waals surface area (Å²) in [6.07, 6.45) is 22.4. The van der Waals surface area contributed by atoms with Crippen LogP contribution in [0.2, 0.25) is 0 Å². The van der Waals surface area contributed by atoms with Crippen molar-refractivity contribution in [2.75, 3.05) is 26.2 Å². The summed E-state index contributed by atoms with van der Waals surface area (Å²) in [6.45, 7) is 5.04. The van der Waals surface area contributed by atoms with E-state index in [0.717, 1.165) is 25.3 Å². The van der Waals surface area contributed by atoms with Crippen LogP contribution in [0.25, 0.3) is 0 Å². The van der Waals surface area contributed by atoms with Gasteiger partial charge < -0.3 is 10.0 Å². The molecule has 0 saturated heterocycles. The van der Waals surface area contributed by atoms with E-state index in [0.29, 0.717) is 6.54 Å². The van der Waals surface area contributed by atoms with Crippen LogP contribution in [0.4, 0.5) is 0 Å². The first-order valence-electron chi connectivity index (χ1n) is 10.4. The summed E-state index contributed by atoms with van der Waals surface area (Å²) in [6, 6.07) is 0. The molecule has 3 heteroatoms. The number of rotatable bonds is 16. The Morgan fingerprint density at radius 2 is 1.50 bits per heavy atom. The van der Waals surface area contributed by atoms with Gasteiger partial charge in [0.05, 0.1) is 13.2 Å². The first kappa shape index (κ1) is 21.2. The van der Waals surface area contributed by atoms with Gasteiger partial charge in [-0.05, 0) is 18.9 Å². The Balaban J connectivity index is 1.84. The molecule has 0 radical (unpaired) electrons. The van der Waals surface area contributed by atoms with E-state index in [2.05, 4.69) is 29.0 Å². The second kappa shape index (κ2) is 15.7. The average molecular weight is 337 g/mol. The highest BCUT2D eigenvalue weighted by Gasteiger charge is 2.12. The molecule has 0 amide bonds. The van der Waals surface area contributed by atoms with Gasteiger partial charge in [0.15, 0.2) is 0 Å². The Bertz CT molecular complexity index is 339. The van der Waals surface area contributed by atoms with E-state index in [1.807, 2.05) is 0 Å². The van der Waals surface area contributed by atoms with Crippen LogP contribution in [-0.2, 0) is 0 Å². The minimum atomic E-state index is 0.214. The van der Waals surface area contributed by atoms with Gasteiger partial charge in [-0.15, -0.1) is 0 Å². The molecule has 0 bridgehead atoms. The first-order valence-corrected chi connectivity index (χ1v) is 10.4. The first-order chi connectivity index (χ1) is 11.9. The zero-order chi connectivity index (χ0) is 17.3. The molecule has 140 valence electrons. The van der Waals surface area contributed by atoms with Gasteiger partial charge in [0.25, 0.3) is 0 Å². The van der Waals surface area contributed by atoms with Crippen LogP contribution in [0.1, 0.15) is 90.4 Å². The van der Waals surface area contributed by atoms with Crippen LogP contribution in [0.5, 0.6) is 0 Å². The lowest BCUT2D eigenvalue weighted by Crippen LogP contribution is -2.29. The lowest BCUT2D eigenvalue weighted by atomic mass is 10.0. The third kappa shape index (κ3) is 10.9. The van der Waals surface area contributed by atoms with Crippen molar-refractivity contribution in [2.24, 2.45) is 4.99 Å². The maximum absolute atomic E-state index is 9.02. The smallest absolute Gasteiger partial charge is 0.123 e. The second-order valence-corrected chi connectivity index (χ2v) is 7.03. The molecule has 0 spiro atoms. The zero-order valence-electron chi connectivity index (χ0n) is 16.0. The molecule has 0 fully saturated rings. The Kier molecular flexibility index (Phi) is 13.9. The highest BCUT2D eigenvalue weighted by atomic mass is 16.3. The van der Waals surface area contributed by atoms with E-state index in [1.165, 1.54) is 77.0 Å². The van der Waals surface area contributed by atoms with E-state index in [1.54, 1.807) is 0 Å². The molecule has 1 N–H and O–H groups in total. The molecule has 1 rings (SSSR count). The summed E-state index contributed by atoms with van der Waals surface area (Å²) in [4.78, 5) is 6.64. The Labute approximate surface area is 150 Å². The standard InChI is InChI=1S/C21H40N2O/c1-2-3-4-5-6-7-8-9-10-11-12-13-14-15-16-21-22-17-18-23(21)19-20-24/h15-16,24H,2-14,17-20H2,1H3. The van der Waals surface area contributed by atoms with Crippen molar-refractivity contribution in [1.29, 1.82) is 0 Å². The number of nitrogens with zero attached hydrogens (tertiary/aromatic N) is 2. The van der Waals surface area contributed by atoms with Gasteiger partial charge in [-0.2, -0.15) is 0 Å². The van der Waals surface area contributed by atoms with Crippen molar-refractivity contribution in [2.45, 2.75) is 90.4 Å². The monoisotopic (exact) mass is 336 g/mol. The minimum Gasteiger partial charge on any atom is -0.395 e. The zero-order valence-corrected chi connectivity index (χ0v) is 16.0. The van der Waals surface area contributed by atoms with E-state index in [9.17, 15) is 0 Å². The summed E-state index contributed by atoms with van der Waals surface area (Å²) >= 11 is 0. The number of allylic oxidation sites excluding steroid dienone is 1. The minimum absolute atomic E-state index is 0.214. The summed E-state index contributed by atoms with van der Waals surface area (Å²) in [5.74, 6) is 1.06. The Morgan fingerprint density at radius 1 is 0.917 bits per heavy atom. The lowest BCUT2D eigenvalue weighted by Gasteiger charge is -2.16. The van der Waals surface area contributed by atoms with Crippen LogP contribution in [0.3, 0.4) is 0 Å². The van der Waals surface area contributed by atoms with E-state index in [4.69, 9.17) is 5.11 Å². The van der Waals surface area contributed by atoms with Gasteiger partial charge in [-0.25, -0.2) is 0 Å². The number of hydrogen-bond donors (Lipinski definition) is 1. The van der Waals surface area contributed by atoms with Crippen LogP contribution in [0, 0.1) is 0 Å². The normalized spacial score (nSPS) is 14.8. The van der Waals surface area contributed by atoms with Crippen molar-refractivity contribution in [3.05, 3.63) is 12.2 Å². The van der Waals surface area contributed by atoms with Gasteiger partial charge >= 0.3 is 0 Å². The van der Waals surface area contributed by atoms with Gasteiger partial charge in [-0.1, -0.05) is 83.6 Å². The Morgan fingerprint density at radius 3 is 2.08 bits per heavy atom. The molecule has 0 aromatic rings. The number of hydrogen-bond acceptors (Lipinski definition) is 3. The average Bonchev–Trinajstić information content (AvgIpc) is 3.03. The molecule has 0 unspecified atom stereocenters. The number of aliphatic imine (C=N–C) groups is 1. The van der Waals surface area contributed by atoms with E-state index in [-0.39, 0.29) is 6.61 Å². The highest BCUT2D eigenvalue weighted by Crippen LogP contribution is 2.12. The number of aliphatic hydroxyl groups excluding tert-OH is 1. The fourth-order valence-corrected chi connectivity index (χ4v) is 3.30. The number of unbranched alkanes of at least 4 members (excludes halogenated alkanes) is 12. The van der Waals surface area contributed by atoms with Gasteiger partial charge in [0.2, 0.25) is 0 Å². The third-order valence-electron chi connectivity index (χ3n) is 4.83. The molecule has 1 aliphatic rings. The van der Waals surface area contributed by atoms with Crippen molar-refractivity contribution in [1.82, 2.24) is 4.90 Å². The summed E-state index contributed by atoms with van der Waals surface area (Å²) in [5.41, 5.74) is 0. The number of aliphatic hydroxyl groups is 1. The van der Waals surface area contributed by atoms with E-state index < -0.39 is 0 Å². The molecule has 0 aromatic heterocycles. The molecular formula is C21H40N2O. The number of β-amino-alcohol motifs (C(OH)–C–C–N with tert-alkyl or cyclic N) is 1. The molecule has 1 heterocycles. The van der Waals surface area contributed by atoms with Crippen molar-refractivity contribution < 1.29 is 5.11 Å². The van der Waals surface area contributed by atoms with Crippen molar-refractivity contribution in [3.8, 4) is 0 Å². The predicted octanol–water partition coefficient (Wildman–Crippen LogP) is 5.34. The van der Waals surface area contributed by atoms with E-state index >= 15 is 0 Å². The molecule has 0 atom stereocenters. The topological polar surface area (TPSA) is 35.8 Å². The summed E-state index contributed by atoms with van der Waals surface area (Å²) in [5, 5.41) is 9.02. The second-order valence-electron chi connectivity index (χ2n) is 7.03. The predicted molar refractivity (Wildman–Crippen MR) is 106 cm³/mol. The van der Waals surface area contributed by atoms with Crippen LogP contribution in [-0.4, -0.2) is 42.1 Å². The molecule has 24 heavy (non-hydrogen) atoms. The largest absolute Gasteiger partial charge is 0.395 e. The van der Waals surface area contributed by atoms with Crippen LogP contribution in [0.15, 0.2) is 17.1 Å². The number of amidine groups is 1. The Hall–Kier alpha value is -0.830. The summed E-state index contributed by atoms with van der Waals surface area (Å²) < 4.78 is 0. The maximum Gasteiger partial charge on any atom is 0.123 e. The molecule has 0 saturated carbocycles. The van der Waals surface area contributed by atoms with Crippen molar-refractivity contribution >= 4 is 5.84 Å². The summed E-state index contributed by atoms with van der Waals surface area (Å²) in [7, 11) is 0. The highest BCUT2D eigenvalue weighted by molar-refractivity contribution is 5.94. The molecule has 3 nitrogen and oxygen atoms in total. The molecular weight excluding hydrogens is 296 g/mol. The van der Waals surface area contributed by atoms with Gasteiger partial charge in [-0.3, -0.25) is 4.99 Å². The third-order valence-corrected chi connectivity index (χ3v) is 4.83.